The molecule has 1 saturated heterocycles. The number of methoxy groups -OCH3 is 1. The highest BCUT2D eigenvalue weighted by Crippen LogP contribution is 2.54. The summed E-state index contributed by atoms with van der Waals surface area (Å²) in [6.45, 7) is 7.84. The van der Waals surface area contributed by atoms with Gasteiger partial charge in [0.15, 0.2) is 0 Å². The largest absolute Gasteiger partial charge is 0.427 e. The van der Waals surface area contributed by atoms with Gasteiger partial charge in [0, 0.05) is 51.2 Å². The molecule has 0 spiro atoms. The molecule has 6 heteroatoms. The molecule has 3 atom stereocenters. The molecule has 1 saturated carbocycles. The highest BCUT2D eigenvalue weighted by Gasteiger charge is 2.59. The summed E-state index contributed by atoms with van der Waals surface area (Å²) in [6, 6.07) is 17.4. The number of hydrogen-bond donors (Lipinski definition) is 0. The SMILES string of the molecule is C=CCN1CCC2(c3cccc(OC(C)=O)c3)C[C@H](N(C)C(=O)c3ccccc3)CCC2(OC)C1. The number of hydrogen-bond acceptors (Lipinski definition) is 5. The second-order valence-corrected chi connectivity index (χ2v) is 9.85. The Bertz CT molecular complexity index is 1070. The maximum Gasteiger partial charge on any atom is 0.308 e. The van der Waals surface area contributed by atoms with Crippen molar-refractivity contribution in [3.05, 3.63) is 78.4 Å². The van der Waals surface area contributed by atoms with Crippen LogP contribution >= 0.6 is 0 Å². The Hall–Kier alpha value is -2.96. The third-order valence-corrected chi connectivity index (χ3v) is 7.99. The molecule has 1 aliphatic heterocycles. The van der Waals surface area contributed by atoms with Gasteiger partial charge in [-0.25, -0.2) is 0 Å². The summed E-state index contributed by atoms with van der Waals surface area (Å²) in [5.74, 6) is 0.236. The highest BCUT2D eigenvalue weighted by atomic mass is 16.5. The van der Waals surface area contributed by atoms with Crippen molar-refractivity contribution >= 4 is 11.9 Å². The van der Waals surface area contributed by atoms with Crippen LogP contribution in [0, 0.1) is 0 Å². The summed E-state index contributed by atoms with van der Waals surface area (Å²) >= 11 is 0. The fourth-order valence-corrected chi connectivity index (χ4v) is 6.21. The van der Waals surface area contributed by atoms with Gasteiger partial charge in [-0.05, 0) is 62.1 Å². The number of likely N-dealkylation sites (tertiary alicyclic amines) is 1. The molecule has 186 valence electrons. The number of fused-ring (bicyclic) bond motifs is 1. The smallest absolute Gasteiger partial charge is 0.308 e. The second kappa shape index (κ2) is 10.3. The van der Waals surface area contributed by atoms with Gasteiger partial charge in [-0.1, -0.05) is 36.4 Å². The van der Waals surface area contributed by atoms with Gasteiger partial charge in [0.25, 0.3) is 5.91 Å². The minimum atomic E-state index is -0.420. The number of nitrogens with zero attached hydrogens (tertiary/aromatic N) is 2. The van der Waals surface area contributed by atoms with E-state index in [9.17, 15) is 9.59 Å². The summed E-state index contributed by atoms with van der Waals surface area (Å²) in [4.78, 5) is 29.3. The van der Waals surface area contributed by atoms with Crippen molar-refractivity contribution in [3.8, 4) is 5.75 Å². The van der Waals surface area contributed by atoms with Crippen molar-refractivity contribution in [2.24, 2.45) is 0 Å². The molecule has 2 aliphatic rings. The third-order valence-electron chi connectivity index (χ3n) is 7.99. The Morgan fingerprint density at radius 1 is 1.17 bits per heavy atom. The van der Waals surface area contributed by atoms with E-state index in [4.69, 9.17) is 9.47 Å². The van der Waals surface area contributed by atoms with Gasteiger partial charge in [0.2, 0.25) is 0 Å². The standard InChI is InChI=1S/C29H36N2O4/c1-5-17-31-18-16-28(24-12-9-13-26(19-24)35-22(2)32)20-25(14-15-29(28,21-31)34-4)30(3)27(33)23-10-7-6-8-11-23/h5-13,19,25H,1,14-18,20-21H2,2-4H3/t25-,28?,29?/m1/s1. The highest BCUT2D eigenvalue weighted by molar-refractivity contribution is 5.94. The first-order valence-corrected chi connectivity index (χ1v) is 12.3. The van der Waals surface area contributed by atoms with Crippen molar-refractivity contribution in [1.82, 2.24) is 9.80 Å². The van der Waals surface area contributed by atoms with Crippen molar-refractivity contribution < 1.29 is 19.1 Å². The zero-order valence-electron chi connectivity index (χ0n) is 21.0. The molecule has 0 N–H and O–H groups in total. The van der Waals surface area contributed by atoms with Gasteiger partial charge in [-0.2, -0.15) is 0 Å². The first-order chi connectivity index (χ1) is 16.8. The Balaban J connectivity index is 1.73. The summed E-state index contributed by atoms with van der Waals surface area (Å²) < 4.78 is 11.9. The Morgan fingerprint density at radius 2 is 1.94 bits per heavy atom. The summed E-state index contributed by atoms with van der Waals surface area (Å²) in [7, 11) is 3.72. The number of benzene rings is 2. The predicted octanol–water partition coefficient (Wildman–Crippen LogP) is 4.45. The molecule has 1 heterocycles. The number of ether oxygens (including phenoxy) is 2. The number of carbonyl (C=O) groups excluding carboxylic acids is 2. The maximum absolute atomic E-state index is 13.3. The number of rotatable bonds is 7. The lowest BCUT2D eigenvalue weighted by Gasteiger charge is -2.60. The van der Waals surface area contributed by atoms with Crippen molar-refractivity contribution in [3.63, 3.8) is 0 Å². The molecule has 0 radical (unpaired) electrons. The molecule has 0 aromatic heterocycles. The Kier molecular flexibility index (Phi) is 7.43. The van der Waals surface area contributed by atoms with E-state index in [0.29, 0.717) is 11.3 Å². The fraction of sp³-hybridized carbons (Fsp3) is 0.448. The Labute approximate surface area is 208 Å². The van der Waals surface area contributed by atoms with Crippen molar-refractivity contribution in [2.75, 3.05) is 33.8 Å². The van der Waals surface area contributed by atoms with E-state index in [-0.39, 0.29) is 23.3 Å². The number of piperidine rings is 1. The lowest BCUT2D eigenvalue weighted by molar-refractivity contribution is -0.151. The molecular weight excluding hydrogens is 440 g/mol. The summed E-state index contributed by atoms with van der Waals surface area (Å²) in [6.07, 6.45) is 5.28. The summed E-state index contributed by atoms with van der Waals surface area (Å²) in [5.41, 5.74) is 1.05. The minimum Gasteiger partial charge on any atom is -0.427 e. The maximum atomic E-state index is 13.3. The fourth-order valence-electron chi connectivity index (χ4n) is 6.21. The Morgan fingerprint density at radius 3 is 2.63 bits per heavy atom. The molecular formula is C29H36N2O4. The van der Waals surface area contributed by atoms with Crippen LogP contribution in [0.15, 0.2) is 67.3 Å². The van der Waals surface area contributed by atoms with E-state index < -0.39 is 5.60 Å². The van der Waals surface area contributed by atoms with Crippen LogP contribution in [0.5, 0.6) is 5.75 Å². The predicted molar refractivity (Wildman–Crippen MR) is 137 cm³/mol. The first kappa shape index (κ1) is 25.1. The number of carbonyl (C=O) groups is 2. The van der Waals surface area contributed by atoms with Gasteiger partial charge >= 0.3 is 5.97 Å². The number of amides is 1. The monoisotopic (exact) mass is 476 g/mol. The first-order valence-electron chi connectivity index (χ1n) is 12.3. The van der Waals surface area contributed by atoms with Crippen LogP contribution in [0.2, 0.25) is 0 Å². The van der Waals surface area contributed by atoms with Crippen LogP contribution < -0.4 is 4.74 Å². The average Bonchev–Trinajstić information content (AvgIpc) is 2.88. The minimum absolute atomic E-state index is 0.0356. The van der Waals surface area contributed by atoms with E-state index in [2.05, 4.69) is 17.5 Å². The molecule has 6 nitrogen and oxygen atoms in total. The second-order valence-electron chi connectivity index (χ2n) is 9.85. The van der Waals surface area contributed by atoms with E-state index in [1.807, 2.05) is 66.6 Å². The van der Waals surface area contributed by atoms with Gasteiger partial charge in [0.1, 0.15) is 5.75 Å². The molecule has 2 unspecified atom stereocenters. The molecule has 1 amide bonds. The molecule has 0 bridgehead atoms. The van der Waals surface area contributed by atoms with E-state index >= 15 is 0 Å². The quantitative estimate of drug-likeness (QED) is 0.336. The van der Waals surface area contributed by atoms with Crippen LogP contribution in [-0.2, 0) is 14.9 Å². The molecule has 35 heavy (non-hydrogen) atoms. The van der Waals surface area contributed by atoms with Crippen LogP contribution in [0.4, 0.5) is 0 Å². The molecule has 2 fully saturated rings. The van der Waals surface area contributed by atoms with Crippen molar-refractivity contribution in [2.45, 2.75) is 49.7 Å². The van der Waals surface area contributed by atoms with E-state index in [1.54, 1.807) is 7.11 Å². The van der Waals surface area contributed by atoms with Gasteiger partial charge in [-0.3, -0.25) is 14.5 Å². The zero-order chi connectivity index (χ0) is 25.1. The van der Waals surface area contributed by atoms with Crippen LogP contribution in [-0.4, -0.2) is 67.1 Å². The third kappa shape index (κ3) is 4.78. The van der Waals surface area contributed by atoms with E-state index in [1.165, 1.54) is 6.92 Å². The lowest BCUT2D eigenvalue weighted by Crippen LogP contribution is -2.68. The zero-order valence-corrected chi connectivity index (χ0v) is 21.0. The van der Waals surface area contributed by atoms with Crippen molar-refractivity contribution in [1.29, 1.82) is 0 Å². The van der Waals surface area contributed by atoms with E-state index in [0.717, 1.165) is 50.9 Å². The molecule has 2 aromatic rings. The molecule has 4 rings (SSSR count). The lowest BCUT2D eigenvalue weighted by atomic mass is 9.55. The van der Waals surface area contributed by atoms with Crippen LogP contribution in [0.25, 0.3) is 0 Å². The van der Waals surface area contributed by atoms with Gasteiger partial charge < -0.3 is 14.4 Å². The topological polar surface area (TPSA) is 59.1 Å². The van der Waals surface area contributed by atoms with Crippen LogP contribution in [0.1, 0.15) is 48.5 Å². The van der Waals surface area contributed by atoms with Crippen LogP contribution in [0.3, 0.4) is 0 Å². The van der Waals surface area contributed by atoms with Gasteiger partial charge in [-0.15, -0.1) is 6.58 Å². The number of esters is 1. The molecule has 1 aliphatic carbocycles. The normalized spacial score (nSPS) is 26.4. The summed E-state index contributed by atoms with van der Waals surface area (Å²) in [5, 5.41) is 0. The average molecular weight is 477 g/mol. The molecule has 2 aromatic carbocycles. The van der Waals surface area contributed by atoms with Gasteiger partial charge in [0.05, 0.1) is 5.60 Å².